The van der Waals surface area contributed by atoms with Gasteiger partial charge in [0.25, 0.3) is 5.56 Å². The summed E-state index contributed by atoms with van der Waals surface area (Å²) >= 11 is 1.27. The lowest BCUT2D eigenvalue weighted by molar-refractivity contribution is -0.121. The van der Waals surface area contributed by atoms with Crippen molar-refractivity contribution in [1.29, 1.82) is 0 Å². The van der Waals surface area contributed by atoms with E-state index in [0.29, 0.717) is 23.4 Å². The maximum absolute atomic E-state index is 12.3. The molecule has 0 aliphatic heterocycles. The van der Waals surface area contributed by atoms with Crippen LogP contribution in [0.3, 0.4) is 0 Å². The molecular weight excluding hydrogens is 354 g/mol. The smallest absolute Gasteiger partial charge is 0.328 e. The van der Waals surface area contributed by atoms with Crippen LogP contribution in [0.5, 0.6) is 5.75 Å². The van der Waals surface area contributed by atoms with E-state index in [9.17, 15) is 14.4 Å². The lowest BCUT2D eigenvalue weighted by Gasteiger charge is -2.11. The van der Waals surface area contributed by atoms with Crippen molar-refractivity contribution in [3.8, 4) is 5.75 Å². The number of carbonyl (C=O) groups is 1. The molecule has 3 aromatic rings. The number of benzene rings is 1. The minimum Gasteiger partial charge on any atom is -0.494 e. The Labute approximate surface area is 153 Å². The number of amides is 1. The second-order valence-electron chi connectivity index (χ2n) is 5.62. The molecule has 0 fully saturated rings. The van der Waals surface area contributed by atoms with E-state index in [0.717, 1.165) is 15.9 Å². The molecule has 0 spiro atoms. The first-order valence-corrected chi connectivity index (χ1v) is 9.16. The Balaban J connectivity index is 1.63. The van der Waals surface area contributed by atoms with Crippen molar-refractivity contribution in [2.45, 2.75) is 26.4 Å². The molecule has 2 aromatic heterocycles. The molecule has 0 unspecified atom stereocenters. The van der Waals surface area contributed by atoms with Crippen LogP contribution in [-0.4, -0.2) is 22.1 Å². The minimum absolute atomic E-state index is 0.0287. The van der Waals surface area contributed by atoms with Gasteiger partial charge in [0.15, 0.2) is 0 Å². The number of thiophene rings is 1. The van der Waals surface area contributed by atoms with E-state index in [1.807, 2.05) is 31.2 Å². The SMILES string of the molecule is CCOc1ccccc1CNC(=O)CCn1c(=O)[nH]c2ccsc2c1=O. The van der Waals surface area contributed by atoms with Gasteiger partial charge in [-0.2, -0.15) is 0 Å². The fourth-order valence-electron chi connectivity index (χ4n) is 2.62. The van der Waals surface area contributed by atoms with Crippen LogP contribution in [0, 0.1) is 0 Å². The molecule has 0 radical (unpaired) electrons. The van der Waals surface area contributed by atoms with E-state index in [2.05, 4.69) is 10.3 Å². The predicted octanol–water partition coefficient (Wildman–Crippen LogP) is 1.86. The third-order valence-electron chi connectivity index (χ3n) is 3.90. The number of ether oxygens (including phenoxy) is 1. The highest BCUT2D eigenvalue weighted by atomic mass is 32.1. The minimum atomic E-state index is -0.504. The third kappa shape index (κ3) is 3.85. The number of para-hydroxylation sites is 1. The monoisotopic (exact) mass is 373 g/mol. The molecule has 0 atom stereocenters. The zero-order chi connectivity index (χ0) is 18.5. The van der Waals surface area contributed by atoms with Crippen LogP contribution >= 0.6 is 11.3 Å². The molecule has 1 amide bonds. The van der Waals surface area contributed by atoms with Crippen LogP contribution in [-0.2, 0) is 17.9 Å². The van der Waals surface area contributed by atoms with Crippen molar-refractivity contribution in [3.05, 3.63) is 62.1 Å². The number of nitrogens with zero attached hydrogens (tertiary/aromatic N) is 1. The van der Waals surface area contributed by atoms with Gasteiger partial charge in [0, 0.05) is 25.1 Å². The first-order valence-electron chi connectivity index (χ1n) is 8.28. The lowest BCUT2D eigenvalue weighted by Crippen LogP contribution is -2.36. The maximum Gasteiger partial charge on any atom is 0.328 e. The van der Waals surface area contributed by atoms with Crippen LogP contribution in [0.1, 0.15) is 18.9 Å². The topological polar surface area (TPSA) is 93.2 Å². The van der Waals surface area contributed by atoms with Crippen molar-refractivity contribution >= 4 is 27.5 Å². The largest absolute Gasteiger partial charge is 0.494 e. The van der Waals surface area contributed by atoms with Gasteiger partial charge in [-0.15, -0.1) is 11.3 Å². The maximum atomic E-state index is 12.3. The number of hydrogen-bond acceptors (Lipinski definition) is 5. The quantitative estimate of drug-likeness (QED) is 0.661. The molecule has 2 N–H and O–H groups in total. The predicted molar refractivity (Wildman–Crippen MR) is 101 cm³/mol. The second kappa shape index (κ2) is 8.01. The Morgan fingerprint density at radius 3 is 2.88 bits per heavy atom. The molecule has 8 heteroatoms. The first kappa shape index (κ1) is 17.9. The van der Waals surface area contributed by atoms with Gasteiger partial charge >= 0.3 is 5.69 Å². The highest BCUT2D eigenvalue weighted by Gasteiger charge is 2.11. The fraction of sp³-hybridized carbons (Fsp3) is 0.278. The van der Waals surface area contributed by atoms with Gasteiger partial charge in [-0.1, -0.05) is 18.2 Å². The molecule has 26 heavy (non-hydrogen) atoms. The van der Waals surface area contributed by atoms with Crippen LogP contribution in [0.4, 0.5) is 0 Å². The Kier molecular flexibility index (Phi) is 5.52. The van der Waals surface area contributed by atoms with Crippen LogP contribution in [0.25, 0.3) is 10.2 Å². The molecule has 7 nitrogen and oxygen atoms in total. The first-order chi connectivity index (χ1) is 12.6. The average Bonchev–Trinajstić information content (AvgIpc) is 3.09. The van der Waals surface area contributed by atoms with E-state index in [4.69, 9.17) is 4.74 Å². The normalized spacial score (nSPS) is 10.8. The Bertz CT molecular complexity index is 1030. The standard InChI is InChI=1S/C18H19N3O4S/c1-2-25-14-6-4-3-5-12(14)11-19-15(22)7-9-21-17(23)16-13(8-10-26-16)20-18(21)24/h3-6,8,10H,2,7,9,11H2,1H3,(H,19,22)(H,20,24). The number of aromatic amines is 1. The summed E-state index contributed by atoms with van der Waals surface area (Å²) in [5, 5.41) is 4.54. The molecule has 0 saturated heterocycles. The molecule has 136 valence electrons. The van der Waals surface area contributed by atoms with Crippen LogP contribution in [0.2, 0.25) is 0 Å². The van der Waals surface area contributed by atoms with Gasteiger partial charge in [-0.25, -0.2) is 4.79 Å². The van der Waals surface area contributed by atoms with Crippen molar-refractivity contribution in [2.24, 2.45) is 0 Å². The Hall–Kier alpha value is -2.87. The lowest BCUT2D eigenvalue weighted by atomic mass is 10.2. The van der Waals surface area contributed by atoms with Gasteiger partial charge in [-0.05, 0) is 24.4 Å². The summed E-state index contributed by atoms with van der Waals surface area (Å²) in [6.45, 7) is 2.79. The van der Waals surface area contributed by atoms with E-state index in [1.165, 1.54) is 11.3 Å². The zero-order valence-electron chi connectivity index (χ0n) is 14.3. The molecule has 0 aliphatic carbocycles. The molecule has 0 saturated carbocycles. The van der Waals surface area contributed by atoms with Crippen molar-refractivity contribution in [3.63, 3.8) is 0 Å². The van der Waals surface area contributed by atoms with E-state index < -0.39 is 5.69 Å². The van der Waals surface area contributed by atoms with Crippen molar-refractivity contribution in [2.75, 3.05) is 6.61 Å². The van der Waals surface area contributed by atoms with Gasteiger partial charge < -0.3 is 15.0 Å². The molecular formula is C18H19N3O4S. The Morgan fingerprint density at radius 2 is 2.08 bits per heavy atom. The van der Waals surface area contributed by atoms with Crippen LogP contribution in [0.15, 0.2) is 45.3 Å². The number of carbonyl (C=O) groups excluding carboxylic acids is 1. The second-order valence-corrected chi connectivity index (χ2v) is 6.53. The fourth-order valence-corrected chi connectivity index (χ4v) is 3.41. The van der Waals surface area contributed by atoms with E-state index in [-0.39, 0.29) is 24.4 Å². The molecule has 2 heterocycles. The molecule has 3 rings (SSSR count). The van der Waals surface area contributed by atoms with Crippen LogP contribution < -0.4 is 21.3 Å². The van der Waals surface area contributed by atoms with Crippen molar-refractivity contribution < 1.29 is 9.53 Å². The average molecular weight is 373 g/mol. The van der Waals surface area contributed by atoms with Gasteiger partial charge in [-0.3, -0.25) is 14.2 Å². The summed E-state index contributed by atoms with van der Waals surface area (Å²) in [6.07, 6.45) is 0.0384. The zero-order valence-corrected chi connectivity index (χ0v) is 15.1. The number of rotatable bonds is 7. The number of H-pyrrole nitrogens is 1. The molecule has 1 aromatic carbocycles. The van der Waals surface area contributed by atoms with Gasteiger partial charge in [0.05, 0.1) is 12.1 Å². The highest BCUT2D eigenvalue weighted by Crippen LogP contribution is 2.17. The summed E-state index contributed by atoms with van der Waals surface area (Å²) in [5.74, 6) is 0.486. The summed E-state index contributed by atoms with van der Waals surface area (Å²) < 4.78 is 7.07. The molecule has 0 aliphatic rings. The highest BCUT2D eigenvalue weighted by molar-refractivity contribution is 7.17. The van der Waals surface area contributed by atoms with Crippen molar-refractivity contribution in [1.82, 2.24) is 14.9 Å². The number of nitrogens with one attached hydrogen (secondary N) is 2. The summed E-state index contributed by atoms with van der Waals surface area (Å²) in [4.78, 5) is 39.1. The third-order valence-corrected chi connectivity index (χ3v) is 4.80. The summed E-state index contributed by atoms with van der Waals surface area (Å²) in [6, 6.07) is 9.16. The van der Waals surface area contributed by atoms with E-state index >= 15 is 0 Å². The van der Waals surface area contributed by atoms with Gasteiger partial charge in [0.1, 0.15) is 10.4 Å². The number of hydrogen-bond donors (Lipinski definition) is 2. The number of fused-ring (bicyclic) bond motifs is 1. The van der Waals surface area contributed by atoms with Gasteiger partial charge in [0.2, 0.25) is 5.91 Å². The summed E-state index contributed by atoms with van der Waals surface area (Å²) in [5.41, 5.74) is 0.527. The molecule has 0 bridgehead atoms. The Morgan fingerprint density at radius 1 is 1.27 bits per heavy atom. The van der Waals surface area contributed by atoms with E-state index in [1.54, 1.807) is 11.4 Å². The number of aromatic nitrogens is 2. The summed E-state index contributed by atoms with van der Waals surface area (Å²) in [7, 11) is 0.